The van der Waals surface area contributed by atoms with Crippen LogP contribution in [0.4, 0.5) is 17.2 Å². The summed E-state index contributed by atoms with van der Waals surface area (Å²) in [6.07, 6.45) is 1.89. The molecule has 5 nitrogen and oxygen atoms in total. The number of aryl methyl sites for hydroxylation is 2. The molecule has 0 N–H and O–H groups in total. The van der Waals surface area contributed by atoms with E-state index in [1.807, 2.05) is 12.3 Å². The van der Waals surface area contributed by atoms with Gasteiger partial charge in [0.05, 0.1) is 16.7 Å². The van der Waals surface area contributed by atoms with Crippen LogP contribution in [-0.2, 0) is 31.9 Å². The zero-order valence-corrected chi connectivity index (χ0v) is 38.8. The average Bonchev–Trinajstić information content (AvgIpc) is 3.84. The van der Waals surface area contributed by atoms with Crippen LogP contribution in [-0.4, -0.2) is 14.5 Å². The van der Waals surface area contributed by atoms with Crippen LogP contribution in [0.25, 0.3) is 72.2 Å². The molecule has 11 rings (SSSR count). The van der Waals surface area contributed by atoms with Crippen LogP contribution < -0.4 is 9.88 Å². The summed E-state index contributed by atoms with van der Waals surface area (Å²) < 4.78 is 2.37. The van der Waals surface area contributed by atoms with Crippen LogP contribution in [0, 0.1) is 19.9 Å². The quantitative estimate of drug-likeness (QED) is 0.161. The molecule has 7 aromatic carbocycles. The third kappa shape index (κ3) is 6.56. The standard InChI is InChI=1S/C57H47N5.Pt/c1-35-25-27-48-43(30-35)44-31-36(2)32-45(52(44)59-48)54-60-53-41(20-14-24-51(53)62(54)49-28-26-39(56(3,4)5)34-42(49)37-16-9-8-10-17-37)38-18-13-19-40(33-38)61-50-23-12-11-21-46(50)57(6,7)47-22-15-29-58-55(47)61;/h8-32,34H,1-7H3;/q-2;+2. The predicted molar refractivity (Wildman–Crippen MR) is 257 cm³/mol. The number of pyridine rings is 1. The van der Waals surface area contributed by atoms with Crippen molar-refractivity contribution in [3.63, 3.8) is 0 Å². The number of imidazole rings is 1. The topological polar surface area (TPSA) is 48.1 Å². The van der Waals surface area contributed by atoms with Gasteiger partial charge in [0.25, 0.3) is 0 Å². The van der Waals surface area contributed by atoms with Crippen LogP contribution in [0.15, 0.2) is 158 Å². The summed E-state index contributed by atoms with van der Waals surface area (Å²) in [4.78, 5) is 18.3. The molecule has 0 bridgehead atoms. The summed E-state index contributed by atoms with van der Waals surface area (Å²) in [6, 6.07) is 58.6. The number of benzene rings is 7. The Morgan fingerprint density at radius 1 is 0.635 bits per heavy atom. The Morgan fingerprint density at radius 3 is 2.22 bits per heavy atom. The molecule has 4 heterocycles. The molecule has 0 spiro atoms. The fourth-order valence-corrected chi connectivity index (χ4v) is 9.65. The smallest absolute Gasteiger partial charge is 0.656 e. The van der Waals surface area contributed by atoms with Gasteiger partial charge in [-0.15, -0.1) is 40.9 Å². The maximum Gasteiger partial charge on any atom is 2.00 e. The first-order valence-corrected chi connectivity index (χ1v) is 21.5. The number of nitrogens with zero attached hydrogens (tertiary/aromatic N) is 5. The first kappa shape index (κ1) is 40.5. The van der Waals surface area contributed by atoms with Gasteiger partial charge in [0.15, 0.2) is 0 Å². The molecule has 0 saturated heterocycles. The third-order valence-corrected chi connectivity index (χ3v) is 12.8. The van der Waals surface area contributed by atoms with E-state index in [2.05, 4.69) is 210 Å². The van der Waals surface area contributed by atoms with Gasteiger partial charge in [0, 0.05) is 34.0 Å². The molecular weight excluding hydrogens is 950 g/mol. The fourth-order valence-electron chi connectivity index (χ4n) is 9.65. The number of fused-ring (bicyclic) bond motifs is 6. The van der Waals surface area contributed by atoms with E-state index in [4.69, 9.17) is 15.0 Å². The second-order valence-corrected chi connectivity index (χ2v) is 18.4. The molecule has 0 aliphatic carbocycles. The summed E-state index contributed by atoms with van der Waals surface area (Å²) >= 11 is 0. The largest absolute Gasteiger partial charge is 2.00 e. The molecular formula is C57H47N5Pt. The number of para-hydroxylation sites is 2. The van der Waals surface area contributed by atoms with E-state index in [0.29, 0.717) is 0 Å². The molecule has 0 unspecified atom stereocenters. The Balaban J connectivity index is 0.00000471. The summed E-state index contributed by atoms with van der Waals surface area (Å²) in [5.41, 5.74) is 18.0. The van der Waals surface area contributed by atoms with Crippen molar-refractivity contribution in [2.45, 2.75) is 59.3 Å². The molecule has 0 fully saturated rings. The van der Waals surface area contributed by atoms with Gasteiger partial charge in [-0.3, -0.25) is 4.57 Å². The third-order valence-electron chi connectivity index (χ3n) is 12.8. The van der Waals surface area contributed by atoms with Crippen molar-refractivity contribution in [3.05, 3.63) is 192 Å². The molecule has 10 aromatic rings. The first-order valence-electron chi connectivity index (χ1n) is 21.5. The molecule has 0 saturated carbocycles. The zero-order valence-electron chi connectivity index (χ0n) is 36.6. The zero-order chi connectivity index (χ0) is 42.5. The maximum absolute atomic E-state index is 5.73. The number of anilines is 3. The second-order valence-electron chi connectivity index (χ2n) is 18.4. The van der Waals surface area contributed by atoms with Crippen molar-refractivity contribution in [1.29, 1.82) is 0 Å². The Morgan fingerprint density at radius 2 is 1.40 bits per heavy atom. The van der Waals surface area contributed by atoms with Gasteiger partial charge in [-0.05, 0) is 94.4 Å². The predicted octanol–water partition coefficient (Wildman–Crippen LogP) is 14.5. The van der Waals surface area contributed by atoms with Crippen molar-refractivity contribution in [2.75, 3.05) is 4.90 Å². The normalized spacial score (nSPS) is 13.3. The molecule has 0 amide bonds. The van der Waals surface area contributed by atoms with Crippen molar-refractivity contribution < 1.29 is 21.1 Å². The Bertz CT molecular complexity index is 3350. The summed E-state index contributed by atoms with van der Waals surface area (Å²) in [5.74, 6) is 1.78. The van der Waals surface area contributed by atoms with Gasteiger partial charge in [0.1, 0.15) is 11.6 Å². The van der Waals surface area contributed by atoms with E-state index < -0.39 is 0 Å². The van der Waals surface area contributed by atoms with E-state index in [-0.39, 0.29) is 31.9 Å². The van der Waals surface area contributed by atoms with Gasteiger partial charge >= 0.3 is 21.1 Å². The van der Waals surface area contributed by atoms with E-state index in [1.165, 1.54) is 22.3 Å². The van der Waals surface area contributed by atoms with Crippen LogP contribution in [0.2, 0.25) is 0 Å². The molecule has 1 aliphatic heterocycles. The Kier molecular flexibility index (Phi) is 9.69. The Hall–Kier alpha value is -6.55. The van der Waals surface area contributed by atoms with Crippen LogP contribution in [0.5, 0.6) is 0 Å². The molecule has 310 valence electrons. The molecule has 3 aromatic heterocycles. The monoisotopic (exact) mass is 996 g/mol. The van der Waals surface area contributed by atoms with Crippen LogP contribution in [0.1, 0.15) is 62.4 Å². The second kappa shape index (κ2) is 15.1. The van der Waals surface area contributed by atoms with E-state index in [9.17, 15) is 0 Å². The van der Waals surface area contributed by atoms with Gasteiger partial charge in [-0.2, -0.15) is 0 Å². The summed E-state index contributed by atoms with van der Waals surface area (Å²) in [6.45, 7) is 15.7. The van der Waals surface area contributed by atoms with Gasteiger partial charge in [-0.1, -0.05) is 143 Å². The minimum absolute atomic E-state index is 0. The maximum atomic E-state index is 5.73. The number of hydrogen-bond acceptors (Lipinski definition) is 3. The van der Waals surface area contributed by atoms with E-state index >= 15 is 0 Å². The molecule has 1 aliphatic rings. The van der Waals surface area contributed by atoms with Gasteiger partial charge in [0.2, 0.25) is 0 Å². The summed E-state index contributed by atoms with van der Waals surface area (Å²) in [5, 5.41) is 2.31. The van der Waals surface area contributed by atoms with Crippen molar-refractivity contribution in [2.24, 2.45) is 0 Å². The minimum Gasteiger partial charge on any atom is -0.656 e. The average molecular weight is 997 g/mol. The Labute approximate surface area is 383 Å². The van der Waals surface area contributed by atoms with Crippen molar-refractivity contribution in [1.82, 2.24) is 19.5 Å². The molecule has 63 heavy (non-hydrogen) atoms. The van der Waals surface area contributed by atoms with E-state index in [1.54, 1.807) is 0 Å². The first-order chi connectivity index (χ1) is 30.0. The number of aromatic nitrogens is 4. The fraction of sp³-hybridized carbons (Fsp3) is 0.158. The van der Waals surface area contributed by atoms with Crippen molar-refractivity contribution in [3.8, 4) is 39.3 Å². The number of rotatable bonds is 5. The van der Waals surface area contributed by atoms with Crippen molar-refractivity contribution >= 4 is 50.0 Å². The SMILES string of the molecule is Cc1ccc2[n-]c3c(-c4nc5c(-c6[c-]c(N7c8ccccc8C(C)(C)c8cccnc87)ccc6)cccc5n4-c4ccc(C(C)(C)C)cc4-c4ccccc4)cc(C)cc3c2c1.[Pt+2]. The van der Waals surface area contributed by atoms with Crippen LogP contribution >= 0.6 is 0 Å². The molecule has 0 radical (unpaired) electrons. The van der Waals surface area contributed by atoms with E-state index in [0.717, 1.165) is 94.9 Å². The minimum atomic E-state index is -0.213. The number of hydrogen-bond donors (Lipinski definition) is 0. The summed E-state index contributed by atoms with van der Waals surface area (Å²) in [7, 11) is 0. The van der Waals surface area contributed by atoms with Gasteiger partial charge in [-0.25, -0.2) is 9.97 Å². The van der Waals surface area contributed by atoms with Crippen LogP contribution in [0.3, 0.4) is 0 Å². The molecule has 6 heteroatoms. The van der Waals surface area contributed by atoms with Gasteiger partial charge < -0.3 is 9.88 Å². The molecule has 0 atom stereocenters.